The van der Waals surface area contributed by atoms with Gasteiger partial charge in [0.1, 0.15) is 5.82 Å². The van der Waals surface area contributed by atoms with Gasteiger partial charge in [0.05, 0.1) is 11.5 Å². The lowest BCUT2D eigenvalue weighted by Crippen LogP contribution is -2.29. The summed E-state index contributed by atoms with van der Waals surface area (Å²) in [5.41, 5.74) is -0.535. The van der Waals surface area contributed by atoms with Gasteiger partial charge in [-0.05, 0) is 24.5 Å². The van der Waals surface area contributed by atoms with Gasteiger partial charge in [-0.25, -0.2) is 13.2 Å². The van der Waals surface area contributed by atoms with Crippen LogP contribution in [0.25, 0.3) is 0 Å². The minimum atomic E-state index is -3.06. The first-order chi connectivity index (χ1) is 9.80. The summed E-state index contributed by atoms with van der Waals surface area (Å²) in [7, 11) is 0. The van der Waals surface area contributed by atoms with Gasteiger partial charge in [-0.3, -0.25) is 0 Å². The Labute approximate surface area is 123 Å². The number of benzene rings is 1. The molecular formula is C17H20F3N. The van der Waals surface area contributed by atoms with Crippen LogP contribution in [0.15, 0.2) is 18.2 Å². The van der Waals surface area contributed by atoms with E-state index in [1.165, 1.54) is 12.1 Å². The maximum atomic E-state index is 14.2. The van der Waals surface area contributed by atoms with Crippen molar-refractivity contribution in [3.8, 4) is 6.07 Å². The van der Waals surface area contributed by atoms with Crippen molar-refractivity contribution in [3.63, 3.8) is 0 Å². The molecule has 1 fully saturated rings. The van der Waals surface area contributed by atoms with Gasteiger partial charge in [0.15, 0.2) is 0 Å². The first-order valence-corrected chi connectivity index (χ1v) is 7.39. The van der Waals surface area contributed by atoms with E-state index in [1.54, 1.807) is 0 Å². The van der Waals surface area contributed by atoms with Gasteiger partial charge in [0, 0.05) is 18.4 Å². The number of nitriles is 1. The molecule has 0 heterocycles. The highest BCUT2D eigenvalue weighted by molar-refractivity contribution is 5.32. The molecule has 1 saturated carbocycles. The van der Waals surface area contributed by atoms with Crippen LogP contribution in [0.1, 0.15) is 63.0 Å². The third kappa shape index (κ3) is 3.07. The van der Waals surface area contributed by atoms with Crippen molar-refractivity contribution >= 4 is 0 Å². The first kappa shape index (κ1) is 15.9. The zero-order chi connectivity index (χ0) is 15.7. The van der Waals surface area contributed by atoms with E-state index in [0.717, 1.165) is 45.1 Å². The Hall–Kier alpha value is -1.50. The third-order valence-corrected chi connectivity index (χ3v) is 4.77. The van der Waals surface area contributed by atoms with Gasteiger partial charge in [-0.15, -0.1) is 0 Å². The van der Waals surface area contributed by atoms with E-state index < -0.39 is 17.2 Å². The first-order valence-electron chi connectivity index (χ1n) is 7.39. The van der Waals surface area contributed by atoms with E-state index in [9.17, 15) is 18.4 Å². The SMILES string of the molecule is C[C@@H](c1ccc(C(C)(F)F)cc1F)C1(C#N)CCCCC1. The molecule has 114 valence electrons. The maximum absolute atomic E-state index is 14.2. The van der Waals surface area contributed by atoms with Crippen LogP contribution in [0, 0.1) is 22.6 Å². The summed E-state index contributed by atoms with van der Waals surface area (Å²) >= 11 is 0. The van der Waals surface area contributed by atoms with Crippen LogP contribution in [-0.4, -0.2) is 0 Å². The molecule has 0 saturated heterocycles. The molecule has 0 radical (unpaired) electrons. The molecular weight excluding hydrogens is 275 g/mol. The van der Waals surface area contributed by atoms with E-state index in [1.807, 2.05) is 6.92 Å². The van der Waals surface area contributed by atoms with Crippen molar-refractivity contribution in [2.24, 2.45) is 5.41 Å². The van der Waals surface area contributed by atoms with Crippen LogP contribution in [0.4, 0.5) is 13.2 Å². The lowest BCUT2D eigenvalue weighted by atomic mass is 9.65. The molecule has 1 aromatic rings. The summed E-state index contributed by atoms with van der Waals surface area (Å²) in [4.78, 5) is 0. The third-order valence-electron chi connectivity index (χ3n) is 4.77. The van der Waals surface area contributed by atoms with Gasteiger partial charge in [-0.2, -0.15) is 5.26 Å². The minimum absolute atomic E-state index is 0.290. The highest BCUT2D eigenvalue weighted by Crippen LogP contribution is 2.47. The second kappa shape index (κ2) is 5.71. The second-order valence-electron chi connectivity index (χ2n) is 6.17. The summed E-state index contributed by atoms with van der Waals surface area (Å²) < 4.78 is 40.7. The molecule has 0 aromatic heterocycles. The van der Waals surface area contributed by atoms with Crippen molar-refractivity contribution in [1.82, 2.24) is 0 Å². The van der Waals surface area contributed by atoms with Gasteiger partial charge in [0.25, 0.3) is 5.92 Å². The molecule has 0 N–H and O–H groups in total. The fraction of sp³-hybridized carbons (Fsp3) is 0.588. The van der Waals surface area contributed by atoms with E-state index in [0.29, 0.717) is 5.56 Å². The largest absolute Gasteiger partial charge is 0.270 e. The van der Waals surface area contributed by atoms with Crippen LogP contribution >= 0.6 is 0 Å². The number of hydrogen-bond acceptors (Lipinski definition) is 1. The lowest BCUT2D eigenvalue weighted by molar-refractivity contribution is 0.0171. The Morgan fingerprint density at radius 1 is 1.24 bits per heavy atom. The van der Waals surface area contributed by atoms with Gasteiger partial charge in [0.2, 0.25) is 0 Å². The van der Waals surface area contributed by atoms with Gasteiger partial charge < -0.3 is 0 Å². The monoisotopic (exact) mass is 295 g/mol. The summed E-state index contributed by atoms with van der Waals surface area (Å²) in [6.07, 6.45) is 4.51. The molecule has 21 heavy (non-hydrogen) atoms. The van der Waals surface area contributed by atoms with Crippen molar-refractivity contribution in [3.05, 3.63) is 35.1 Å². The molecule has 0 unspecified atom stereocenters. The molecule has 4 heteroatoms. The Morgan fingerprint density at radius 3 is 2.33 bits per heavy atom. The molecule has 0 spiro atoms. The number of halogens is 3. The highest BCUT2D eigenvalue weighted by atomic mass is 19.3. The highest BCUT2D eigenvalue weighted by Gasteiger charge is 2.39. The van der Waals surface area contributed by atoms with E-state index in [4.69, 9.17) is 0 Å². The summed E-state index contributed by atoms with van der Waals surface area (Å²) in [6, 6.07) is 5.96. The quantitative estimate of drug-likeness (QED) is 0.720. The van der Waals surface area contributed by atoms with Crippen LogP contribution < -0.4 is 0 Å². The smallest absolute Gasteiger partial charge is 0.207 e. The zero-order valence-corrected chi connectivity index (χ0v) is 12.4. The fourth-order valence-electron chi connectivity index (χ4n) is 3.27. The maximum Gasteiger partial charge on any atom is 0.270 e. The molecule has 1 atom stereocenters. The Balaban J connectivity index is 2.35. The Bertz CT molecular complexity index is 548. The van der Waals surface area contributed by atoms with Crippen molar-refractivity contribution in [2.75, 3.05) is 0 Å². The fourth-order valence-corrected chi connectivity index (χ4v) is 3.27. The molecule has 0 amide bonds. The topological polar surface area (TPSA) is 23.8 Å². The number of alkyl halides is 2. The number of nitrogens with zero attached hydrogens (tertiary/aromatic N) is 1. The van der Waals surface area contributed by atoms with Gasteiger partial charge in [-0.1, -0.05) is 38.3 Å². The van der Waals surface area contributed by atoms with E-state index in [-0.39, 0.29) is 11.5 Å². The number of hydrogen-bond donors (Lipinski definition) is 0. The normalized spacial score (nSPS) is 19.8. The standard InChI is InChI=1S/C17H20F3N/c1-12(17(11-21)8-4-3-5-9-17)14-7-6-13(10-15(14)18)16(2,19)20/h6-7,10,12H,3-5,8-9H2,1-2H3/t12-/m0/s1. The second-order valence-corrected chi connectivity index (χ2v) is 6.17. The van der Waals surface area contributed by atoms with Gasteiger partial charge >= 0.3 is 0 Å². The predicted octanol–water partition coefficient (Wildman–Crippen LogP) is 5.51. The molecule has 0 aliphatic heterocycles. The molecule has 1 nitrogen and oxygen atoms in total. The summed E-state index contributed by atoms with van der Waals surface area (Å²) in [6.45, 7) is 2.58. The van der Waals surface area contributed by atoms with Crippen molar-refractivity contribution in [1.29, 1.82) is 5.26 Å². The number of rotatable bonds is 3. The Kier molecular flexibility index (Phi) is 4.32. The lowest BCUT2D eigenvalue weighted by Gasteiger charge is -2.36. The molecule has 1 aromatic carbocycles. The molecule has 0 bridgehead atoms. The van der Waals surface area contributed by atoms with E-state index in [2.05, 4.69) is 6.07 Å². The summed E-state index contributed by atoms with van der Waals surface area (Å²) in [5, 5.41) is 9.56. The average molecular weight is 295 g/mol. The summed E-state index contributed by atoms with van der Waals surface area (Å²) in [5.74, 6) is -3.98. The molecule has 1 aliphatic rings. The van der Waals surface area contributed by atoms with Crippen LogP contribution in [0.2, 0.25) is 0 Å². The molecule has 2 rings (SSSR count). The Morgan fingerprint density at radius 2 is 1.86 bits per heavy atom. The van der Waals surface area contributed by atoms with Crippen molar-refractivity contribution < 1.29 is 13.2 Å². The minimum Gasteiger partial charge on any atom is -0.207 e. The van der Waals surface area contributed by atoms with Crippen LogP contribution in [0.5, 0.6) is 0 Å². The predicted molar refractivity (Wildman–Crippen MR) is 75.5 cm³/mol. The average Bonchev–Trinajstić information content (AvgIpc) is 2.46. The van der Waals surface area contributed by atoms with Crippen LogP contribution in [0.3, 0.4) is 0 Å². The van der Waals surface area contributed by atoms with E-state index >= 15 is 0 Å². The van der Waals surface area contributed by atoms with Crippen molar-refractivity contribution in [2.45, 2.75) is 57.8 Å². The zero-order valence-electron chi connectivity index (χ0n) is 12.4. The van der Waals surface area contributed by atoms with Crippen LogP contribution in [-0.2, 0) is 5.92 Å². The molecule has 1 aliphatic carbocycles.